The van der Waals surface area contributed by atoms with Crippen LogP contribution in [0.15, 0.2) is 34.4 Å². The van der Waals surface area contributed by atoms with Gasteiger partial charge in [-0.3, -0.25) is 14.2 Å². The molecule has 0 N–H and O–H groups in total. The second-order valence-electron chi connectivity index (χ2n) is 7.67. The van der Waals surface area contributed by atoms with Crippen molar-refractivity contribution in [2.45, 2.75) is 33.2 Å². The van der Waals surface area contributed by atoms with Crippen LogP contribution >= 0.6 is 11.3 Å². The van der Waals surface area contributed by atoms with Crippen LogP contribution in [0.4, 0.5) is 0 Å². The second-order valence-corrected chi connectivity index (χ2v) is 8.53. The van der Waals surface area contributed by atoms with E-state index in [1.165, 1.54) is 15.9 Å². The molecule has 1 aliphatic rings. The van der Waals surface area contributed by atoms with Crippen LogP contribution in [-0.4, -0.2) is 40.6 Å². The van der Waals surface area contributed by atoms with Gasteiger partial charge in [0.25, 0.3) is 5.56 Å². The fourth-order valence-corrected chi connectivity index (χ4v) is 4.77. The maximum atomic E-state index is 13.3. The van der Waals surface area contributed by atoms with E-state index >= 15 is 0 Å². The zero-order chi connectivity index (χ0) is 20.5. The smallest absolute Gasteiger partial charge is 0.263 e. The zero-order valence-corrected chi connectivity index (χ0v) is 17.8. The average Bonchev–Trinajstić information content (AvgIpc) is 3.15. The minimum Gasteiger partial charge on any atom is -0.497 e. The molecule has 1 amide bonds. The van der Waals surface area contributed by atoms with Gasteiger partial charge in [0.1, 0.15) is 22.9 Å². The normalized spacial score (nSPS) is 15.1. The topological polar surface area (TPSA) is 64.4 Å². The highest BCUT2D eigenvalue weighted by atomic mass is 32.1. The molecule has 0 aliphatic carbocycles. The van der Waals surface area contributed by atoms with Gasteiger partial charge in [-0.1, -0.05) is 19.1 Å². The van der Waals surface area contributed by atoms with Crippen LogP contribution in [0.3, 0.4) is 0 Å². The molecule has 1 saturated heterocycles. The Bertz CT molecular complexity index is 1090. The Hall–Kier alpha value is -2.67. The molecule has 1 fully saturated rings. The van der Waals surface area contributed by atoms with Crippen molar-refractivity contribution >= 4 is 27.5 Å². The molecule has 1 aliphatic heterocycles. The SMILES string of the molecule is COc1ccc(-c2csc3nc(C)n(CC(=O)N4CCC(C)CC4)c(=O)c23)cc1. The predicted molar refractivity (Wildman–Crippen MR) is 116 cm³/mol. The molecule has 2 aromatic heterocycles. The number of carbonyl (C=O) groups is 1. The van der Waals surface area contributed by atoms with Crippen LogP contribution in [0.1, 0.15) is 25.6 Å². The number of hydrogen-bond acceptors (Lipinski definition) is 5. The van der Waals surface area contributed by atoms with Crippen molar-refractivity contribution in [3.63, 3.8) is 0 Å². The molecule has 7 heteroatoms. The number of benzene rings is 1. The van der Waals surface area contributed by atoms with Gasteiger partial charge >= 0.3 is 0 Å². The molecule has 29 heavy (non-hydrogen) atoms. The largest absolute Gasteiger partial charge is 0.497 e. The van der Waals surface area contributed by atoms with Crippen LogP contribution in [0.5, 0.6) is 5.75 Å². The molecule has 0 bridgehead atoms. The third-order valence-electron chi connectivity index (χ3n) is 5.72. The summed E-state index contributed by atoms with van der Waals surface area (Å²) in [5.74, 6) is 1.98. The predicted octanol–water partition coefficient (Wildman–Crippen LogP) is 3.70. The summed E-state index contributed by atoms with van der Waals surface area (Å²) in [5, 5.41) is 2.53. The van der Waals surface area contributed by atoms with Crippen molar-refractivity contribution in [2.75, 3.05) is 20.2 Å². The Morgan fingerprint density at radius 2 is 1.93 bits per heavy atom. The number of thiophene rings is 1. The first-order valence-electron chi connectivity index (χ1n) is 9.88. The average molecular weight is 412 g/mol. The van der Waals surface area contributed by atoms with Crippen molar-refractivity contribution in [2.24, 2.45) is 5.92 Å². The first-order valence-corrected chi connectivity index (χ1v) is 10.8. The van der Waals surface area contributed by atoms with Gasteiger partial charge in [-0.15, -0.1) is 11.3 Å². The van der Waals surface area contributed by atoms with E-state index in [2.05, 4.69) is 11.9 Å². The first-order chi connectivity index (χ1) is 14.0. The van der Waals surface area contributed by atoms with E-state index in [0.29, 0.717) is 22.0 Å². The summed E-state index contributed by atoms with van der Waals surface area (Å²) in [4.78, 5) is 33.3. The number of hydrogen-bond donors (Lipinski definition) is 0. The van der Waals surface area contributed by atoms with Crippen LogP contribution in [-0.2, 0) is 11.3 Å². The number of fused-ring (bicyclic) bond motifs is 1. The lowest BCUT2D eigenvalue weighted by Crippen LogP contribution is -2.41. The number of likely N-dealkylation sites (tertiary alicyclic amines) is 1. The van der Waals surface area contributed by atoms with Crippen molar-refractivity contribution in [1.82, 2.24) is 14.5 Å². The maximum absolute atomic E-state index is 13.3. The third-order valence-corrected chi connectivity index (χ3v) is 6.59. The van der Waals surface area contributed by atoms with Crippen LogP contribution in [0.2, 0.25) is 0 Å². The Kier molecular flexibility index (Phi) is 5.41. The molecule has 0 spiro atoms. The molecule has 4 rings (SSSR count). The number of carbonyl (C=O) groups excluding carboxylic acids is 1. The summed E-state index contributed by atoms with van der Waals surface area (Å²) in [6.07, 6.45) is 2.03. The maximum Gasteiger partial charge on any atom is 0.263 e. The summed E-state index contributed by atoms with van der Waals surface area (Å²) < 4.78 is 6.74. The van der Waals surface area contributed by atoms with E-state index in [4.69, 9.17) is 4.74 Å². The Balaban J connectivity index is 1.69. The number of aromatic nitrogens is 2. The summed E-state index contributed by atoms with van der Waals surface area (Å²) in [6.45, 7) is 5.57. The van der Waals surface area contributed by atoms with E-state index in [0.717, 1.165) is 42.8 Å². The number of ether oxygens (including phenoxy) is 1. The lowest BCUT2D eigenvalue weighted by Gasteiger charge is -2.30. The molecule has 6 nitrogen and oxygen atoms in total. The Labute approximate surface area is 173 Å². The molecule has 0 saturated carbocycles. The number of nitrogens with zero attached hydrogens (tertiary/aromatic N) is 3. The first kappa shape index (κ1) is 19.6. The Morgan fingerprint density at radius 1 is 1.24 bits per heavy atom. The van der Waals surface area contributed by atoms with E-state index in [1.54, 1.807) is 14.0 Å². The van der Waals surface area contributed by atoms with Gasteiger partial charge in [0.2, 0.25) is 5.91 Å². The summed E-state index contributed by atoms with van der Waals surface area (Å²) in [7, 11) is 1.63. The highest BCUT2D eigenvalue weighted by Crippen LogP contribution is 2.32. The third kappa shape index (κ3) is 3.79. The van der Waals surface area contributed by atoms with Gasteiger partial charge in [-0.05, 0) is 43.4 Å². The molecule has 3 heterocycles. The van der Waals surface area contributed by atoms with Gasteiger partial charge in [-0.25, -0.2) is 4.98 Å². The molecule has 0 radical (unpaired) electrons. The van der Waals surface area contributed by atoms with Gasteiger partial charge in [0, 0.05) is 24.0 Å². The molecule has 1 aromatic carbocycles. The molecule has 152 valence electrons. The molecule has 3 aromatic rings. The fourth-order valence-electron chi connectivity index (χ4n) is 3.79. The van der Waals surface area contributed by atoms with Gasteiger partial charge in [-0.2, -0.15) is 0 Å². The monoisotopic (exact) mass is 411 g/mol. The van der Waals surface area contributed by atoms with E-state index < -0.39 is 0 Å². The Morgan fingerprint density at radius 3 is 2.59 bits per heavy atom. The number of rotatable bonds is 4. The van der Waals surface area contributed by atoms with Crippen molar-refractivity contribution in [1.29, 1.82) is 0 Å². The minimum absolute atomic E-state index is 0.00974. The lowest BCUT2D eigenvalue weighted by molar-refractivity contribution is -0.133. The molecule has 0 unspecified atom stereocenters. The second kappa shape index (κ2) is 7.99. The fraction of sp³-hybridized carbons (Fsp3) is 0.409. The highest BCUT2D eigenvalue weighted by molar-refractivity contribution is 7.17. The van der Waals surface area contributed by atoms with Crippen LogP contribution in [0.25, 0.3) is 21.3 Å². The van der Waals surface area contributed by atoms with Crippen molar-refractivity contribution < 1.29 is 9.53 Å². The number of piperidine rings is 1. The standard InChI is InChI=1S/C22H25N3O3S/c1-14-8-10-24(11-9-14)19(26)12-25-15(2)23-21-20(22(25)27)18(13-29-21)16-4-6-17(28-3)7-5-16/h4-7,13-14H,8-12H2,1-3H3. The van der Waals surface area contributed by atoms with E-state index in [1.807, 2.05) is 34.5 Å². The summed E-state index contributed by atoms with van der Waals surface area (Å²) in [6, 6.07) is 7.62. The number of methoxy groups -OCH3 is 1. The lowest BCUT2D eigenvalue weighted by atomic mass is 9.99. The van der Waals surface area contributed by atoms with Gasteiger partial charge < -0.3 is 9.64 Å². The number of aryl methyl sites for hydroxylation is 1. The van der Waals surface area contributed by atoms with Gasteiger partial charge in [0.05, 0.1) is 12.5 Å². The van der Waals surface area contributed by atoms with Crippen LogP contribution in [0, 0.1) is 12.8 Å². The summed E-state index contributed by atoms with van der Waals surface area (Å²) in [5.41, 5.74) is 1.62. The van der Waals surface area contributed by atoms with Crippen LogP contribution < -0.4 is 10.3 Å². The van der Waals surface area contributed by atoms with E-state index in [9.17, 15) is 9.59 Å². The summed E-state index contributed by atoms with van der Waals surface area (Å²) >= 11 is 1.45. The highest BCUT2D eigenvalue weighted by Gasteiger charge is 2.23. The minimum atomic E-state index is -0.154. The van der Waals surface area contributed by atoms with Crippen molar-refractivity contribution in [3.8, 4) is 16.9 Å². The zero-order valence-electron chi connectivity index (χ0n) is 17.0. The molecular formula is C22H25N3O3S. The number of amides is 1. The van der Waals surface area contributed by atoms with Crippen molar-refractivity contribution in [3.05, 3.63) is 45.8 Å². The van der Waals surface area contributed by atoms with E-state index in [-0.39, 0.29) is 18.0 Å². The molecular weight excluding hydrogens is 386 g/mol. The molecule has 0 atom stereocenters. The van der Waals surface area contributed by atoms with Gasteiger partial charge in [0.15, 0.2) is 0 Å². The quantitative estimate of drug-likeness (QED) is 0.657.